The Morgan fingerprint density at radius 1 is 0.963 bits per heavy atom. The van der Waals surface area contributed by atoms with Gasteiger partial charge in [-0.1, -0.05) is 103 Å². The summed E-state index contributed by atoms with van der Waals surface area (Å²) in [7, 11) is 0. The van der Waals surface area contributed by atoms with Crippen LogP contribution in [0.5, 0.6) is 5.75 Å². The molecule has 1 aromatic rings. The van der Waals surface area contributed by atoms with Gasteiger partial charge in [-0.15, -0.1) is 0 Å². The second-order valence-electron chi connectivity index (χ2n) is 10.4. The second-order valence-corrected chi connectivity index (χ2v) is 10.4. The maximum Gasteiger partial charge on any atom is 0.127 e. The molecule has 2 rings (SSSR count). The highest BCUT2D eigenvalue weighted by atomic mass is 16.5. The maximum absolute atomic E-state index is 6.27. The molecule has 148 valence electrons. The monoisotopic (exact) mass is 366 g/mol. The van der Waals surface area contributed by atoms with Gasteiger partial charge in [-0.05, 0) is 29.7 Å². The van der Waals surface area contributed by atoms with Crippen LogP contribution in [-0.2, 0) is 10.8 Å². The van der Waals surface area contributed by atoms with E-state index in [0.717, 1.165) is 12.2 Å². The summed E-state index contributed by atoms with van der Waals surface area (Å²) in [5.74, 6) is 1.02. The molecule has 0 saturated carbocycles. The maximum atomic E-state index is 6.27. The molecule has 1 aliphatic carbocycles. The van der Waals surface area contributed by atoms with Crippen molar-refractivity contribution in [1.29, 1.82) is 0 Å². The van der Waals surface area contributed by atoms with Gasteiger partial charge in [-0.25, -0.2) is 0 Å². The number of hydrogen-bond acceptors (Lipinski definition) is 1. The van der Waals surface area contributed by atoms with Gasteiger partial charge >= 0.3 is 0 Å². The van der Waals surface area contributed by atoms with E-state index < -0.39 is 0 Å². The summed E-state index contributed by atoms with van der Waals surface area (Å²) in [5.41, 5.74) is 6.83. The van der Waals surface area contributed by atoms with E-state index in [9.17, 15) is 0 Å². The van der Waals surface area contributed by atoms with E-state index in [1.165, 1.54) is 27.8 Å². The third-order valence-electron chi connectivity index (χ3n) is 5.62. The fourth-order valence-electron chi connectivity index (χ4n) is 3.73. The average Bonchev–Trinajstić information content (AvgIpc) is 3.03. The highest BCUT2D eigenvalue weighted by Gasteiger charge is 2.34. The van der Waals surface area contributed by atoms with Crippen LogP contribution in [0.3, 0.4) is 0 Å². The lowest BCUT2D eigenvalue weighted by atomic mass is 9.73. The zero-order chi connectivity index (χ0) is 20.6. The Kier molecular flexibility index (Phi) is 5.85. The molecule has 0 unspecified atom stereocenters. The predicted octanol–water partition coefficient (Wildman–Crippen LogP) is 7.44. The van der Waals surface area contributed by atoms with Crippen LogP contribution < -0.4 is 4.74 Å². The third kappa shape index (κ3) is 4.57. The first-order chi connectivity index (χ1) is 12.3. The van der Waals surface area contributed by atoms with E-state index in [0.29, 0.717) is 6.61 Å². The van der Waals surface area contributed by atoms with Crippen molar-refractivity contribution in [1.82, 2.24) is 0 Å². The smallest absolute Gasteiger partial charge is 0.127 e. The summed E-state index contributed by atoms with van der Waals surface area (Å²) in [5, 5.41) is 0. The number of hydrogen-bond donors (Lipinski definition) is 0. The zero-order valence-electron chi connectivity index (χ0n) is 18.9. The molecule has 0 atom stereocenters. The fourth-order valence-corrected chi connectivity index (χ4v) is 3.73. The number of allylic oxidation sites excluding steroid dienone is 4. The second kappa shape index (κ2) is 7.34. The third-order valence-corrected chi connectivity index (χ3v) is 5.62. The molecule has 0 amide bonds. The summed E-state index contributed by atoms with van der Waals surface area (Å²) in [4.78, 5) is 0. The molecule has 1 aromatic carbocycles. The van der Waals surface area contributed by atoms with Crippen LogP contribution in [-0.4, -0.2) is 6.61 Å². The molecule has 1 heteroatoms. The Labute approximate surface area is 167 Å². The van der Waals surface area contributed by atoms with E-state index in [1.54, 1.807) is 0 Å². The minimum atomic E-state index is -0.116. The van der Waals surface area contributed by atoms with E-state index in [-0.39, 0.29) is 16.2 Å². The van der Waals surface area contributed by atoms with Crippen molar-refractivity contribution in [2.75, 3.05) is 6.61 Å². The predicted molar refractivity (Wildman–Crippen MR) is 119 cm³/mol. The first-order valence-electron chi connectivity index (χ1n) is 10.1. The molecule has 1 nitrogen and oxygen atoms in total. The average molecular weight is 367 g/mol. The standard InChI is InChI=1S/C26H38O/c1-11-14-27-23-21(25(6,7)8)15-18(2)16-22(23)26(9,10)20-13-12-19(17-20)24(3,4)5/h11,13,15-17H,1,12,14H2,2-10H3. The minimum absolute atomic E-state index is 0.0177. The van der Waals surface area contributed by atoms with Crippen molar-refractivity contribution in [3.8, 4) is 5.75 Å². The minimum Gasteiger partial charge on any atom is -0.489 e. The van der Waals surface area contributed by atoms with Crippen molar-refractivity contribution in [2.24, 2.45) is 5.41 Å². The van der Waals surface area contributed by atoms with Crippen LogP contribution in [0.4, 0.5) is 0 Å². The molecular formula is C26H38O. The van der Waals surface area contributed by atoms with Crippen molar-refractivity contribution < 1.29 is 4.74 Å². The first-order valence-corrected chi connectivity index (χ1v) is 10.1. The quantitative estimate of drug-likeness (QED) is 0.492. The summed E-state index contributed by atoms with van der Waals surface area (Å²) in [6.07, 6.45) is 7.69. The Morgan fingerprint density at radius 3 is 2.04 bits per heavy atom. The molecule has 0 aliphatic heterocycles. The first kappa shape index (κ1) is 21.5. The summed E-state index contributed by atoms with van der Waals surface area (Å²) in [6.45, 7) is 24.9. The lowest BCUT2D eigenvalue weighted by Crippen LogP contribution is -2.24. The van der Waals surface area contributed by atoms with Gasteiger partial charge in [0.15, 0.2) is 0 Å². The van der Waals surface area contributed by atoms with Crippen molar-refractivity contribution in [2.45, 2.75) is 79.6 Å². The number of benzene rings is 1. The van der Waals surface area contributed by atoms with Gasteiger partial charge in [0.05, 0.1) is 0 Å². The highest BCUT2D eigenvalue weighted by Crippen LogP contribution is 2.47. The van der Waals surface area contributed by atoms with Crippen LogP contribution >= 0.6 is 0 Å². The fraction of sp³-hybridized carbons (Fsp3) is 0.538. The molecule has 0 aromatic heterocycles. The van der Waals surface area contributed by atoms with E-state index in [1.807, 2.05) is 6.08 Å². The lowest BCUT2D eigenvalue weighted by molar-refractivity contribution is 0.341. The molecule has 0 fully saturated rings. The lowest BCUT2D eigenvalue weighted by Gasteiger charge is -2.33. The highest BCUT2D eigenvalue weighted by molar-refractivity contribution is 5.56. The SMILES string of the molecule is C=CCOc1c(C(C)(C)C)cc(C)cc1C(C)(C)C1=CCC(C(C)(C)C)=C1. The summed E-state index contributed by atoms with van der Waals surface area (Å²) >= 11 is 0. The van der Waals surface area contributed by atoms with Crippen molar-refractivity contribution in [3.63, 3.8) is 0 Å². The van der Waals surface area contributed by atoms with Gasteiger partial charge in [0.1, 0.15) is 12.4 Å². The van der Waals surface area contributed by atoms with E-state index in [4.69, 9.17) is 4.74 Å². The molecule has 1 aliphatic rings. The summed E-state index contributed by atoms with van der Waals surface area (Å²) in [6, 6.07) is 4.58. The van der Waals surface area contributed by atoms with Crippen molar-refractivity contribution >= 4 is 0 Å². The van der Waals surface area contributed by atoms with Gasteiger partial charge in [-0.2, -0.15) is 0 Å². The Bertz CT molecular complexity index is 774. The molecule has 0 bridgehead atoms. The zero-order valence-corrected chi connectivity index (χ0v) is 18.9. The van der Waals surface area contributed by atoms with Gasteiger partial charge < -0.3 is 4.74 Å². The number of aryl methyl sites for hydroxylation is 1. The van der Waals surface area contributed by atoms with Crippen molar-refractivity contribution in [3.05, 3.63) is 64.8 Å². The largest absolute Gasteiger partial charge is 0.489 e. The van der Waals surface area contributed by atoms with Crippen LogP contribution in [0.1, 0.15) is 78.5 Å². The van der Waals surface area contributed by atoms with Crippen LogP contribution in [0, 0.1) is 12.3 Å². The molecule has 0 heterocycles. The van der Waals surface area contributed by atoms with Crippen LogP contribution in [0.2, 0.25) is 0 Å². The van der Waals surface area contributed by atoms with Gasteiger partial charge in [-0.3, -0.25) is 0 Å². The Morgan fingerprint density at radius 2 is 1.56 bits per heavy atom. The molecule has 0 spiro atoms. The van der Waals surface area contributed by atoms with Crippen LogP contribution in [0.15, 0.2) is 48.1 Å². The van der Waals surface area contributed by atoms with Gasteiger partial charge in [0.2, 0.25) is 0 Å². The van der Waals surface area contributed by atoms with Gasteiger partial charge in [0, 0.05) is 16.5 Å². The Balaban J connectivity index is 2.64. The van der Waals surface area contributed by atoms with E-state index >= 15 is 0 Å². The molecule has 27 heavy (non-hydrogen) atoms. The topological polar surface area (TPSA) is 9.23 Å². The molecule has 0 saturated heterocycles. The van der Waals surface area contributed by atoms with Crippen LogP contribution in [0.25, 0.3) is 0 Å². The molecule has 0 N–H and O–H groups in total. The summed E-state index contributed by atoms with van der Waals surface area (Å²) < 4.78 is 6.27. The molecular weight excluding hydrogens is 328 g/mol. The molecule has 0 radical (unpaired) electrons. The normalized spacial score (nSPS) is 15.4. The number of rotatable bonds is 5. The Hall–Kier alpha value is -1.76. The van der Waals surface area contributed by atoms with Gasteiger partial charge in [0.25, 0.3) is 0 Å². The number of ether oxygens (including phenoxy) is 1. The van der Waals surface area contributed by atoms with E-state index in [2.05, 4.69) is 93.2 Å².